The van der Waals surface area contributed by atoms with E-state index in [9.17, 15) is 24.5 Å². The molecule has 30 heavy (non-hydrogen) atoms. The van der Waals surface area contributed by atoms with Crippen molar-refractivity contribution in [2.45, 2.75) is 92.8 Å². The van der Waals surface area contributed by atoms with E-state index < -0.39 is 41.3 Å². The lowest BCUT2D eigenvalue weighted by molar-refractivity contribution is -0.205. The molecule has 1 amide bonds. The van der Waals surface area contributed by atoms with Gasteiger partial charge in [0.1, 0.15) is 29.9 Å². The van der Waals surface area contributed by atoms with Gasteiger partial charge in [-0.05, 0) is 51.3 Å². The molecule has 176 valence electrons. The highest BCUT2D eigenvalue weighted by atomic mass is 35.5. The predicted molar refractivity (Wildman–Crippen MR) is 116 cm³/mol. The Morgan fingerprint density at radius 2 is 1.97 bits per heavy atom. The minimum atomic E-state index is -1.39. The molecule has 0 aromatic heterocycles. The Labute approximate surface area is 187 Å². The molecule has 0 bridgehead atoms. The summed E-state index contributed by atoms with van der Waals surface area (Å²) in [4.78, 5) is 12.9. The monoisotopic (exact) mass is 470 g/mol. The summed E-state index contributed by atoms with van der Waals surface area (Å²) in [6.07, 6.45) is 1.72. The maximum absolute atomic E-state index is 12.9. The maximum atomic E-state index is 12.9. The van der Waals surface area contributed by atoms with E-state index in [4.69, 9.17) is 16.3 Å². The second-order valence-electron chi connectivity index (χ2n) is 8.31. The van der Waals surface area contributed by atoms with Crippen LogP contribution in [-0.2, 0) is 9.53 Å². The van der Waals surface area contributed by atoms with Crippen molar-refractivity contribution < 1.29 is 29.2 Å². The van der Waals surface area contributed by atoms with Crippen molar-refractivity contribution in [1.82, 2.24) is 10.6 Å². The third-order valence-electron chi connectivity index (χ3n) is 6.12. The average molecular weight is 471 g/mol. The summed E-state index contributed by atoms with van der Waals surface area (Å²) in [6.45, 7) is 2.11. The number of alkyl halides is 2. The second kappa shape index (κ2) is 12.8. The van der Waals surface area contributed by atoms with E-state index in [2.05, 4.69) is 10.6 Å². The Kier molecular flexibility index (Phi) is 11.1. The summed E-state index contributed by atoms with van der Waals surface area (Å²) in [7, 11) is 0. The van der Waals surface area contributed by atoms with Crippen LogP contribution in [0.1, 0.15) is 45.4 Å². The zero-order valence-corrected chi connectivity index (χ0v) is 19.2. The van der Waals surface area contributed by atoms with Crippen LogP contribution in [-0.4, -0.2) is 88.0 Å². The largest absolute Gasteiger partial charge is 0.388 e. The fourth-order valence-electron chi connectivity index (χ4n) is 4.24. The van der Waals surface area contributed by atoms with E-state index >= 15 is 0 Å². The number of carbonyl (C=O) groups is 1. The zero-order chi connectivity index (χ0) is 22.3. The number of carbonyl (C=O) groups excluding carboxylic acids is 1. The molecule has 2 saturated heterocycles. The van der Waals surface area contributed by atoms with Gasteiger partial charge >= 0.3 is 0 Å². The van der Waals surface area contributed by atoms with Crippen molar-refractivity contribution in [1.29, 1.82) is 0 Å². The van der Waals surface area contributed by atoms with Gasteiger partial charge in [-0.15, -0.1) is 23.4 Å². The van der Waals surface area contributed by atoms with Crippen LogP contribution in [0.2, 0.25) is 0 Å². The van der Waals surface area contributed by atoms with E-state index in [1.165, 1.54) is 11.8 Å². The smallest absolute Gasteiger partial charge is 0.237 e. The van der Waals surface area contributed by atoms with Crippen LogP contribution < -0.4 is 10.6 Å². The quantitative estimate of drug-likeness (QED) is 0.254. The van der Waals surface area contributed by atoms with E-state index in [0.29, 0.717) is 25.3 Å². The van der Waals surface area contributed by atoms with Gasteiger partial charge in [-0.25, -0.2) is 0 Å². The maximum Gasteiger partial charge on any atom is 0.237 e. The molecule has 0 radical (unpaired) electrons. The molecular weight excluding hydrogens is 435 g/mol. The fraction of sp³-hybridized carbons (Fsp3) is 0.950. The SMILES string of the molecule is CS[C@H]1O[C@H](C(NC(=O)[C@@H]2CC[C@H](CCCCF)CCN2)[C@H](C)Cl)[C@H](O)[C@H](O)[C@H]1O. The van der Waals surface area contributed by atoms with Crippen LogP contribution in [0.4, 0.5) is 4.39 Å². The Morgan fingerprint density at radius 1 is 1.23 bits per heavy atom. The molecular formula is C20H36ClFN2O5S. The molecule has 2 heterocycles. The van der Waals surface area contributed by atoms with Crippen LogP contribution in [0.25, 0.3) is 0 Å². The van der Waals surface area contributed by atoms with Crippen LogP contribution in [0, 0.1) is 5.92 Å². The van der Waals surface area contributed by atoms with E-state index in [0.717, 1.165) is 25.7 Å². The first-order valence-corrected chi connectivity index (χ1v) is 12.5. The van der Waals surface area contributed by atoms with Gasteiger partial charge in [-0.2, -0.15) is 0 Å². The standard InChI is InChI=1S/C20H36ClFN2O5S/c1-11(21)14(18-16(26)15(25)17(27)20(29-18)30-2)24-19(28)13-7-6-12(8-10-23-13)5-3-4-9-22/h11-18,20,23,25-27H,3-10H2,1-2H3,(H,24,28)/t11-,12-,13-,14?,15-,16+,17+,18+,20+/m0/s1. The van der Waals surface area contributed by atoms with Crippen molar-refractivity contribution in [3.63, 3.8) is 0 Å². The summed E-state index contributed by atoms with van der Waals surface area (Å²) < 4.78 is 18.1. The molecule has 0 aliphatic carbocycles. The molecule has 7 nitrogen and oxygen atoms in total. The summed E-state index contributed by atoms with van der Waals surface area (Å²) >= 11 is 7.53. The van der Waals surface area contributed by atoms with Gasteiger partial charge in [0.25, 0.3) is 0 Å². The third kappa shape index (κ3) is 6.92. The molecule has 0 aromatic carbocycles. The second-order valence-corrected chi connectivity index (χ2v) is 9.94. The minimum Gasteiger partial charge on any atom is -0.388 e. The highest BCUT2D eigenvalue weighted by Gasteiger charge is 2.48. The van der Waals surface area contributed by atoms with Crippen LogP contribution in [0.15, 0.2) is 0 Å². The molecule has 2 aliphatic heterocycles. The molecule has 2 fully saturated rings. The van der Waals surface area contributed by atoms with Gasteiger partial charge in [-0.1, -0.05) is 12.8 Å². The number of thioether (sulfide) groups is 1. The Balaban J connectivity index is 1.98. The number of ether oxygens (including phenoxy) is 1. The summed E-state index contributed by atoms with van der Waals surface area (Å²) in [6, 6.07) is -1.13. The van der Waals surface area contributed by atoms with Gasteiger partial charge in [0.15, 0.2) is 0 Å². The number of rotatable bonds is 9. The zero-order valence-electron chi connectivity index (χ0n) is 17.7. The Hall–Kier alpha value is -0.160. The lowest BCUT2D eigenvalue weighted by Crippen LogP contribution is -2.65. The summed E-state index contributed by atoms with van der Waals surface area (Å²) in [5.74, 6) is 0.251. The van der Waals surface area contributed by atoms with Crippen LogP contribution in [0.5, 0.6) is 0 Å². The van der Waals surface area contributed by atoms with Gasteiger partial charge in [0.05, 0.1) is 24.1 Å². The van der Waals surface area contributed by atoms with E-state index in [-0.39, 0.29) is 18.6 Å². The highest BCUT2D eigenvalue weighted by molar-refractivity contribution is 7.99. The molecule has 2 aliphatic rings. The molecule has 0 aromatic rings. The van der Waals surface area contributed by atoms with Crippen molar-refractivity contribution in [2.75, 3.05) is 19.5 Å². The molecule has 0 spiro atoms. The van der Waals surface area contributed by atoms with Crippen molar-refractivity contribution in [3.05, 3.63) is 0 Å². The molecule has 9 atom stereocenters. The summed E-state index contributed by atoms with van der Waals surface area (Å²) in [5.41, 5.74) is -0.732. The molecule has 2 rings (SSSR count). The number of unbranched alkanes of at least 4 members (excludes halogenated alkanes) is 1. The van der Waals surface area contributed by atoms with Crippen molar-refractivity contribution >= 4 is 29.3 Å². The van der Waals surface area contributed by atoms with Gasteiger partial charge < -0.3 is 30.7 Å². The van der Waals surface area contributed by atoms with Crippen molar-refractivity contribution in [3.8, 4) is 0 Å². The number of amides is 1. The lowest BCUT2D eigenvalue weighted by Gasteiger charge is -2.44. The number of halogens is 2. The normalized spacial score (nSPS) is 37.2. The highest BCUT2D eigenvalue weighted by Crippen LogP contribution is 2.30. The fourth-order valence-corrected chi connectivity index (χ4v) is 5.12. The number of hydrogen-bond donors (Lipinski definition) is 5. The number of aliphatic hydroxyl groups is 3. The van der Waals surface area contributed by atoms with Crippen LogP contribution >= 0.6 is 23.4 Å². The number of hydrogen-bond acceptors (Lipinski definition) is 7. The van der Waals surface area contributed by atoms with E-state index in [1.54, 1.807) is 13.2 Å². The predicted octanol–water partition coefficient (Wildman–Crippen LogP) is 1.17. The van der Waals surface area contributed by atoms with E-state index in [1.807, 2.05) is 0 Å². The minimum absolute atomic E-state index is 0.228. The Morgan fingerprint density at radius 3 is 2.60 bits per heavy atom. The molecule has 1 unspecified atom stereocenters. The Bertz CT molecular complexity index is 533. The first-order chi connectivity index (χ1) is 14.3. The topological polar surface area (TPSA) is 111 Å². The lowest BCUT2D eigenvalue weighted by atomic mass is 9.92. The van der Waals surface area contributed by atoms with Crippen LogP contribution in [0.3, 0.4) is 0 Å². The first-order valence-electron chi connectivity index (χ1n) is 10.8. The number of nitrogens with one attached hydrogen (secondary N) is 2. The first kappa shape index (κ1) is 26.1. The molecule has 0 saturated carbocycles. The average Bonchev–Trinajstić information content (AvgIpc) is 2.97. The summed E-state index contributed by atoms with van der Waals surface area (Å²) in [5, 5.41) is 36.3. The van der Waals surface area contributed by atoms with Gasteiger partial charge in [-0.3, -0.25) is 9.18 Å². The molecule has 5 N–H and O–H groups in total. The third-order valence-corrected chi connectivity index (χ3v) is 7.24. The van der Waals surface area contributed by atoms with Gasteiger partial charge in [0, 0.05) is 0 Å². The van der Waals surface area contributed by atoms with Gasteiger partial charge in [0.2, 0.25) is 5.91 Å². The molecule has 10 heteroatoms. The number of aliphatic hydroxyl groups excluding tert-OH is 3. The van der Waals surface area contributed by atoms with Crippen molar-refractivity contribution in [2.24, 2.45) is 5.92 Å².